The molecule has 110 valence electrons. The quantitative estimate of drug-likeness (QED) is 0.850. The summed E-state index contributed by atoms with van der Waals surface area (Å²) in [6.07, 6.45) is 8.95. The number of hydrogen-bond donors (Lipinski definition) is 1. The number of rotatable bonds is 4. The summed E-state index contributed by atoms with van der Waals surface area (Å²) in [5.74, 6) is 1.87. The van der Waals surface area contributed by atoms with E-state index in [0.29, 0.717) is 24.4 Å². The minimum Gasteiger partial charge on any atom is -0.339 e. The van der Waals surface area contributed by atoms with Gasteiger partial charge in [-0.2, -0.15) is 0 Å². The van der Waals surface area contributed by atoms with Crippen molar-refractivity contribution in [2.45, 2.75) is 64.8 Å². The molecule has 0 aromatic rings. The lowest BCUT2D eigenvalue weighted by atomic mass is 9.83. The van der Waals surface area contributed by atoms with E-state index in [1.54, 1.807) is 0 Å². The molecule has 1 aliphatic heterocycles. The average molecular weight is 266 g/mol. The van der Waals surface area contributed by atoms with Crippen LogP contribution in [0.2, 0.25) is 0 Å². The SMILES string of the molecule is CC(CC1CCCCC1)C(=O)N1CC(CN)CC1C. The molecule has 19 heavy (non-hydrogen) atoms. The maximum Gasteiger partial charge on any atom is 0.225 e. The van der Waals surface area contributed by atoms with Crippen LogP contribution in [0.5, 0.6) is 0 Å². The molecular formula is C16H30N2O. The molecule has 1 saturated carbocycles. The zero-order chi connectivity index (χ0) is 13.8. The van der Waals surface area contributed by atoms with Crippen LogP contribution < -0.4 is 5.73 Å². The predicted octanol–water partition coefficient (Wildman–Crippen LogP) is 2.79. The fourth-order valence-corrected chi connectivity index (χ4v) is 3.93. The summed E-state index contributed by atoms with van der Waals surface area (Å²) in [6, 6.07) is 0.384. The van der Waals surface area contributed by atoms with Gasteiger partial charge >= 0.3 is 0 Å². The van der Waals surface area contributed by atoms with Crippen LogP contribution in [0, 0.1) is 17.8 Å². The van der Waals surface area contributed by atoms with Crippen molar-refractivity contribution >= 4 is 5.91 Å². The van der Waals surface area contributed by atoms with Crippen LogP contribution in [0.1, 0.15) is 58.8 Å². The van der Waals surface area contributed by atoms with Gasteiger partial charge in [0, 0.05) is 18.5 Å². The normalized spacial score (nSPS) is 30.6. The average Bonchev–Trinajstić information content (AvgIpc) is 2.80. The molecule has 3 nitrogen and oxygen atoms in total. The van der Waals surface area contributed by atoms with Crippen LogP contribution in [0.4, 0.5) is 0 Å². The zero-order valence-corrected chi connectivity index (χ0v) is 12.6. The van der Waals surface area contributed by atoms with Crippen molar-refractivity contribution in [1.29, 1.82) is 0 Å². The molecule has 3 atom stereocenters. The Morgan fingerprint density at radius 1 is 1.26 bits per heavy atom. The third-order valence-electron chi connectivity index (χ3n) is 5.11. The molecule has 2 rings (SSSR count). The lowest BCUT2D eigenvalue weighted by Crippen LogP contribution is -2.38. The van der Waals surface area contributed by atoms with Gasteiger partial charge < -0.3 is 10.6 Å². The van der Waals surface area contributed by atoms with Gasteiger partial charge in [-0.3, -0.25) is 4.79 Å². The second-order valence-electron chi connectivity index (χ2n) is 6.82. The summed E-state index contributed by atoms with van der Waals surface area (Å²) in [4.78, 5) is 14.7. The molecule has 2 N–H and O–H groups in total. The fourth-order valence-electron chi connectivity index (χ4n) is 3.93. The van der Waals surface area contributed by atoms with Crippen molar-refractivity contribution in [3.8, 4) is 0 Å². The Kier molecular flexibility index (Phi) is 5.26. The molecule has 2 aliphatic rings. The second kappa shape index (κ2) is 6.74. The number of nitrogens with two attached hydrogens (primary N) is 1. The van der Waals surface area contributed by atoms with Gasteiger partial charge in [-0.15, -0.1) is 0 Å². The van der Waals surface area contributed by atoms with Gasteiger partial charge in [-0.1, -0.05) is 39.0 Å². The van der Waals surface area contributed by atoms with Crippen LogP contribution in [-0.4, -0.2) is 29.9 Å². The third kappa shape index (κ3) is 3.71. The van der Waals surface area contributed by atoms with E-state index >= 15 is 0 Å². The standard InChI is InChI=1S/C16H30N2O/c1-12(8-14-6-4-3-5-7-14)16(19)18-11-15(10-17)9-13(18)2/h12-15H,3-11,17H2,1-2H3. The van der Waals surface area contributed by atoms with Gasteiger partial charge in [0.1, 0.15) is 0 Å². The fraction of sp³-hybridized carbons (Fsp3) is 0.938. The topological polar surface area (TPSA) is 46.3 Å². The number of likely N-dealkylation sites (tertiary alicyclic amines) is 1. The Morgan fingerprint density at radius 3 is 2.53 bits per heavy atom. The molecule has 1 aliphatic carbocycles. The van der Waals surface area contributed by atoms with Crippen LogP contribution in [0.25, 0.3) is 0 Å². The Morgan fingerprint density at radius 2 is 1.95 bits per heavy atom. The first-order valence-corrected chi connectivity index (χ1v) is 8.12. The molecule has 1 amide bonds. The highest BCUT2D eigenvalue weighted by molar-refractivity contribution is 5.79. The number of amides is 1. The van der Waals surface area contributed by atoms with Gasteiger partial charge in [0.05, 0.1) is 0 Å². The van der Waals surface area contributed by atoms with Crippen molar-refractivity contribution in [2.24, 2.45) is 23.5 Å². The molecule has 2 fully saturated rings. The largest absolute Gasteiger partial charge is 0.339 e. The van der Waals surface area contributed by atoms with Crippen LogP contribution in [0.3, 0.4) is 0 Å². The van der Waals surface area contributed by atoms with E-state index in [-0.39, 0.29) is 5.92 Å². The smallest absolute Gasteiger partial charge is 0.225 e. The van der Waals surface area contributed by atoms with Gasteiger partial charge in [-0.25, -0.2) is 0 Å². The van der Waals surface area contributed by atoms with E-state index in [0.717, 1.165) is 25.3 Å². The number of carbonyl (C=O) groups excluding carboxylic acids is 1. The van der Waals surface area contributed by atoms with Crippen molar-refractivity contribution in [2.75, 3.05) is 13.1 Å². The summed E-state index contributed by atoms with van der Waals surface area (Å²) in [7, 11) is 0. The van der Waals surface area contributed by atoms with Crippen molar-refractivity contribution in [1.82, 2.24) is 4.90 Å². The third-order valence-corrected chi connectivity index (χ3v) is 5.11. The predicted molar refractivity (Wildman–Crippen MR) is 78.7 cm³/mol. The Bertz CT molecular complexity index is 299. The van der Waals surface area contributed by atoms with E-state index in [2.05, 4.69) is 18.7 Å². The summed E-state index contributed by atoms with van der Waals surface area (Å²) >= 11 is 0. The molecule has 1 heterocycles. The maximum atomic E-state index is 12.6. The van der Waals surface area contributed by atoms with Gasteiger partial charge in [0.2, 0.25) is 5.91 Å². The molecule has 0 radical (unpaired) electrons. The Balaban J connectivity index is 1.84. The van der Waals surface area contributed by atoms with E-state index in [1.807, 2.05) is 0 Å². The molecule has 0 aromatic carbocycles. The first kappa shape index (κ1) is 14.8. The van der Waals surface area contributed by atoms with Gasteiger partial charge in [0.15, 0.2) is 0 Å². The van der Waals surface area contributed by atoms with E-state index in [9.17, 15) is 4.79 Å². The second-order valence-corrected chi connectivity index (χ2v) is 6.82. The number of carbonyl (C=O) groups is 1. The van der Waals surface area contributed by atoms with E-state index < -0.39 is 0 Å². The molecule has 0 spiro atoms. The van der Waals surface area contributed by atoms with Crippen molar-refractivity contribution in [3.05, 3.63) is 0 Å². The molecule has 1 saturated heterocycles. The van der Waals surface area contributed by atoms with Gasteiger partial charge in [-0.05, 0) is 38.1 Å². The molecule has 3 heteroatoms. The maximum absolute atomic E-state index is 12.6. The van der Waals surface area contributed by atoms with Gasteiger partial charge in [0.25, 0.3) is 0 Å². The molecule has 0 bridgehead atoms. The monoisotopic (exact) mass is 266 g/mol. The molecule has 0 aromatic heterocycles. The highest BCUT2D eigenvalue weighted by atomic mass is 16.2. The van der Waals surface area contributed by atoms with E-state index in [4.69, 9.17) is 5.73 Å². The highest BCUT2D eigenvalue weighted by Crippen LogP contribution is 2.31. The summed E-state index contributed by atoms with van der Waals surface area (Å²) in [5.41, 5.74) is 5.75. The number of nitrogens with zero attached hydrogens (tertiary/aromatic N) is 1. The molecule has 3 unspecified atom stereocenters. The zero-order valence-electron chi connectivity index (χ0n) is 12.6. The minimum atomic E-state index is 0.196. The Labute approximate surface area is 117 Å². The van der Waals surface area contributed by atoms with Crippen LogP contribution in [-0.2, 0) is 4.79 Å². The lowest BCUT2D eigenvalue weighted by Gasteiger charge is -2.29. The summed E-state index contributed by atoms with van der Waals surface area (Å²) < 4.78 is 0. The summed E-state index contributed by atoms with van der Waals surface area (Å²) in [5, 5.41) is 0. The molecular weight excluding hydrogens is 236 g/mol. The van der Waals surface area contributed by atoms with Crippen molar-refractivity contribution in [3.63, 3.8) is 0 Å². The first-order chi connectivity index (χ1) is 9.11. The van der Waals surface area contributed by atoms with Crippen LogP contribution in [0.15, 0.2) is 0 Å². The number of hydrogen-bond acceptors (Lipinski definition) is 2. The summed E-state index contributed by atoms with van der Waals surface area (Å²) in [6.45, 7) is 5.89. The van der Waals surface area contributed by atoms with E-state index in [1.165, 1.54) is 32.1 Å². The first-order valence-electron chi connectivity index (χ1n) is 8.12. The Hall–Kier alpha value is -0.570. The minimum absolute atomic E-state index is 0.196. The van der Waals surface area contributed by atoms with Crippen LogP contribution >= 0.6 is 0 Å². The van der Waals surface area contributed by atoms with Crippen molar-refractivity contribution < 1.29 is 4.79 Å². The lowest BCUT2D eigenvalue weighted by molar-refractivity contribution is -0.136. The highest BCUT2D eigenvalue weighted by Gasteiger charge is 2.34.